The van der Waals surface area contributed by atoms with Crippen molar-refractivity contribution in [1.29, 1.82) is 0 Å². The molecule has 0 spiro atoms. The van der Waals surface area contributed by atoms with Crippen LogP contribution in [0.5, 0.6) is 5.75 Å². The smallest absolute Gasteiger partial charge is 0.127 e. The Balaban J connectivity index is 2.06. The summed E-state index contributed by atoms with van der Waals surface area (Å²) in [5.41, 5.74) is 4.39. The molecule has 0 saturated heterocycles. The lowest BCUT2D eigenvalue weighted by molar-refractivity contribution is 0.351. The first-order valence-electron chi connectivity index (χ1n) is 5.70. The van der Waals surface area contributed by atoms with Crippen molar-refractivity contribution >= 4 is 11.3 Å². The molecule has 4 heteroatoms. The molecule has 1 aromatic heterocycles. The Morgan fingerprint density at radius 3 is 3.18 bits per heavy atom. The third-order valence-electron chi connectivity index (χ3n) is 3.08. The lowest BCUT2D eigenvalue weighted by atomic mass is 10.0. The summed E-state index contributed by atoms with van der Waals surface area (Å²) in [6.45, 7) is 0.797. The van der Waals surface area contributed by atoms with Gasteiger partial charge in [-0.15, -0.1) is 11.3 Å². The highest BCUT2D eigenvalue weighted by molar-refractivity contribution is 7.09. The molecule has 0 saturated carbocycles. The second kappa shape index (κ2) is 4.47. The molecule has 2 aromatic rings. The van der Waals surface area contributed by atoms with Crippen LogP contribution in [0.4, 0.5) is 0 Å². The summed E-state index contributed by atoms with van der Waals surface area (Å²) in [5, 5.41) is 3.34. The summed E-state index contributed by atoms with van der Waals surface area (Å²) in [6, 6.07) is 6.56. The zero-order valence-corrected chi connectivity index (χ0v) is 10.5. The van der Waals surface area contributed by atoms with Gasteiger partial charge in [-0.25, -0.2) is 0 Å². The largest absolute Gasteiger partial charge is 0.493 e. The summed E-state index contributed by atoms with van der Waals surface area (Å²) >= 11 is 1.67. The van der Waals surface area contributed by atoms with Crippen LogP contribution in [0.2, 0.25) is 0 Å². The van der Waals surface area contributed by atoms with Crippen molar-refractivity contribution in [2.45, 2.75) is 12.5 Å². The maximum atomic E-state index is 5.75. The normalized spacial score (nSPS) is 15.4. The molecule has 2 heterocycles. The molecule has 0 radical (unpaired) electrons. The van der Waals surface area contributed by atoms with Crippen LogP contribution in [0.1, 0.15) is 22.0 Å². The lowest BCUT2D eigenvalue weighted by Gasteiger charge is -2.17. The van der Waals surface area contributed by atoms with E-state index in [4.69, 9.17) is 4.74 Å². The molecule has 1 aliphatic rings. The molecule has 1 atom stereocenters. The summed E-state index contributed by atoms with van der Waals surface area (Å²) in [6.07, 6.45) is 2.93. The first-order chi connectivity index (χ1) is 8.40. The van der Waals surface area contributed by atoms with Crippen LogP contribution in [0.15, 0.2) is 29.9 Å². The first kappa shape index (κ1) is 10.7. The summed E-state index contributed by atoms with van der Waals surface area (Å²) in [4.78, 5) is 5.37. The third kappa shape index (κ3) is 1.83. The molecule has 1 aliphatic heterocycles. The standard InChI is InChI=1S/C13H14N2OS/c1-14-12(11-7-15-8-17-11)10-4-2-3-9-5-6-16-13(9)10/h2-4,7-8,12,14H,5-6H2,1H3. The van der Waals surface area contributed by atoms with Crippen molar-refractivity contribution < 1.29 is 4.74 Å². The van der Waals surface area contributed by atoms with Gasteiger partial charge in [0.15, 0.2) is 0 Å². The maximum absolute atomic E-state index is 5.75. The number of thiazole rings is 1. The van der Waals surface area contributed by atoms with Crippen molar-refractivity contribution in [2.24, 2.45) is 0 Å². The topological polar surface area (TPSA) is 34.2 Å². The highest BCUT2D eigenvalue weighted by Crippen LogP contribution is 2.36. The second-order valence-corrected chi connectivity index (χ2v) is 4.98. The Labute approximate surface area is 104 Å². The van der Waals surface area contributed by atoms with Crippen LogP contribution in [0.25, 0.3) is 0 Å². The van der Waals surface area contributed by atoms with Gasteiger partial charge < -0.3 is 10.1 Å². The SMILES string of the molecule is CNC(c1cncs1)c1cccc2c1OCC2. The molecule has 1 unspecified atom stereocenters. The highest BCUT2D eigenvalue weighted by atomic mass is 32.1. The minimum Gasteiger partial charge on any atom is -0.493 e. The zero-order chi connectivity index (χ0) is 11.7. The highest BCUT2D eigenvalue weighted by Gasteiger charge is 2.22. The van der Waals surface area contributed by atoms with Gasteiger partial charge in [-0.05, 0) is 12.6 Å². The van der Waals surface area contributed by atoms with Crippen LogP contribution < -0.4 is 10.1 Å². The number of aromatic nitrogens is 1. The molecular formula is C13H14N2OS. The predicted octanol–water partition coefficient (Wildman–Crippen LogP) is 2.39. The van der Waals surface area contributed by atoms with E-state index in [-0.39, 0.29) is 6.04 Å². The van der Waals surface area contributed by atoms with E-state index in [2.05, 4.69) is 28.5 Å². The third-order valence-corrected chi connectivity index (χ3v) is 3.92. The van der Waals surface area contributed by atoms with Crippen molar-refractivity contribution in [2.75, 3.05) is 13.7 Å². The Morgan fingerprint density at radius 2 is 2.41 bits per heavy atom. The van der Waals surface area contributed by atoms with Gasteiger partial charge >= 0.3 is 0 Å². The molecule has 0 aliphatic carbocycles. The van der Waals surface area contributed by atoms with E-state index in [0.717, 1.165) is 18.8 Å². The van der Waals surface area contributed by atoms with E-state index >= 15 is 0 Å². The number of hydrogen-bond donors (Lipinski definition) is 1. The number of rotatable bonds is 3. The van der Waals surface area contributed by atoms with E-state index in [0.29, 0.717) is 0 Å². The number of ether oxygens (including phenoxy) is 1. The lowest BCUT2D eigenvalue weighted by Crippen LogP contribution is -2.17. The van der Waals surface area contributed by atoms with Crippen molar-refractivity contribution in [1.82, 2.24) is 10.3 Å². The fraction of sp³-hybridized carbons (Fsp3) is 0.308. The van der Waals surface area contributed by atoms with E-state index < -0.39 is 0 Å². The number of nitrogens with one attached hydrogen (secondary N) is 1. The number of para-hydroxylation sites is 1. The van der Waals surface area contributed by atoms with E-state index in [9.17, 15) is 0 Å². The molecule has 3 nitrogen and oxygen atoms in total. The predicted molar refractivity (Wildman–Crippen MR) is 68.7 cm³/mol. The Bertz CT molecular complexity index is 510. The second-order valence-electron chi connectivity index (χ2n) is 4.06. The van der Waals surface area contributed by atoms with Crippen molar-refractivity contribution in [3.05, 3.63) is 45.9 Å². The summed E-state index contributed by atoms with van der Waals surface area (Å²) < 4.78 is 5.75. The molecule has 0 amide bonds. The van der Waals surface area contributed by atoms with Gasteiger partial charge in [-0.3, -0.25) is 4.98 Å². The van der Waals surface area contributed by atoms with Gasteiger partial charge in [0.25, 0.3) is 0 Å². The van der Waals surface area contributed by atoms with Crippen LogP contribution in [-0.4, -0.2) is 18.6 Å². The Kier molecular flexibility index (Phi) is 2.82. The van der Waals surface area contributed by atoms with Crippen LogP contribution in [-0.2, 0) is 6.42 Å². The maximum Gasteiger partial charge on any atom is 0.127 e. The molecular weight excluding hydrogens is 232 g/mol. The molecule has 0 fully saturated rings. The molecule has 0 bridgehead atoms. The zero-order valence-electron chi connectivity index (χ0n) is 9.64. The summed E-state index contributed by atoms with van der Waals surface area (Å²) in [7, 11) is 1.97. The first-order valence-corrected chi connectivity index (χ1v) is 6.58. The molecule has 88 valence electrons. The Morgan fingerprint density at radius 1 is 1.47 bits per heavy atom. The van der Waals surface area contributed by atoms with Crippen LogP contribution in [0.3, 0.4) is 0 Å². The van der Waals surface area contributed by atoms with Gasteiger partial charge in [0.05, 0.1) is 18.2 Å². The monoisotopic (exact) mass is 246 g/mol. The average Bonchev–Trinajstić information content (AvgIpc) is 3.00. The van der Waals surface area contributed by atoms with Gasteiger partial charge in [-0.2, -0.15) is 0 Å². The van der Waals surface area contributed by atoms with Crippen LogP contribution in [0, 0.1) is 0 Å². The molecule has 1 aromatic carbocycles. The van der Waals surface area contributed by atoms with Crippen molar-refractivity contribution in [3.63, 3.8) is 0 Å². The number of benzene rings is 1. The van der Waals surface area contributed by atoms with E-state index in [1.807, 2.05) is 18.8 Å². The Hall–Kier alpha value is -1.39. The quantitative estimate of drug-likeness (QED) is 0.903. The van der Waals surface area contributed by atoms with Crippen LogP contribution >= 0.6 is 11.3 Å². The average molecular weight is 246 g/mol. The molecule has 17 heavy (non-hydrogen) atoms. The minimum absolute atomic E-state index is 0.176. The number of nitrogens with zero attached hydrogens (tertiary/aromatic N) is 1. The van der Waals surface area contributed by atoms with Crippen molar-refractivity contribution in [3.8, 4) is 5.75 Å². The summed E-state index contributed by atoms with van der Waals surface area (Å²) in [5.74, 6) is 1.06. The minimum atomic E-state index is 0.176. The van der Waals surface area contributed by atoms with Gasteiger partial charge in [-0.1, -0.05) is 18.2 Å². The van der Waals surface area contributed by atoms with Gasteiger partial charge in [0, 0.05) is 23.1 Å². The molecule has 3 rings (SSSR count). The van der Waals surface area contributed by atoms with E-state index in [1.54, 1.807) is 11.3 Å². The fourth-order valence-electron chi connectivity index (χ4n) is 2.29. The van der Waals surface area contributed by atoms with Gasteiger partial charge in [0.1, 0.15) is 5.75 Å². The number of fused-ring (bicyclic) bond motifs is 1. The van der Waals surface area contributed by atoms with Gasteiger partial charge in [0.2, 0.25) is 0 Å². The number of hydrogen-bond acceptors (Lipinski definition) is 4. The van der Waals surface area contributed by atoms with E-state index in [1.165, 1.54) is 16.0 Å². The fourth-order valence-corrected chi connectivity index (χ4v) is 3.03. The molecule has 1 N–H and O–H groups in total.